The minimum atomic E-state index is -0.842. The van der Waals surface area contributed by atoms with E-state index in [4.69, 9.17) is 14.2 Å². The Morgan fingerprint density at radius 1 is 1.23 bits per heavy atom. The summed E-state index contributed by atoms with van der Waals surface area (Å²) < 4.78 is 16.5. The van der Waals surface area contributed by atoms with Crippen LogP contribution in [0.1, 0.15) is 28.2 Å². The van der Waals surface area contributed by atoms with Crippen LogP contribution in [0.4, 0.5) is 5.69 Å². The summed E-state index contributed by atoms with van der Waals surface area (Å²) in [5, 5.41) is 3.06. The number of esters is 1. The predicted molar refractivity (Wildman–Crippen MR) is 117 cm³/mol. The highest BCUT2D eigenvalue weighted by atomic mass is 32.1. The van der Waals surface area contributed by atoms with Crippen LogP contribution in [0.2, 0.25) is 0 Å². The van der Waals surface area contributed by atoms with Gasteiger partial charge >= 0.3 is 5.97 Å². The van der Waals surface area contributed by atoms with E-state index in [1.54, 1.807) is 38.1 Å². The molecule has 1 atom stereocenters. The highest BCUT2D eigenvalue weighted by Crippen LogP contribution is 2.28. The average Bonchev–Trinajstić information content (AvgIpc) is 3.11. The van der Waals surface area contributed by atoms with Crippen molar-refractivity contribution in [1.82, 2.24) is 9.55 Å². The second-order valence-corrected chi connectivity index (χ2v) is 7.69. The minimum absolute atomic E-state index is 0.112. The van der Waals surface area contributed by atoms with E-state index in [9.17, 15) is 14.4 Å². The van der Waals surface area contributed by atoms with Crippen LogP contribution in [0.5, 0.6) is 5.75 Å². The van der Waals surface area contributed by atoms with Gasteiger partial charge in [-0.2, -0.15) is 0 Å². The van der Waals surface area contributed by atoms with Crippen molar-refractivity contribution in [1.29, 1.82) is 0 Å². The molecule has 0 spiro atoms. The average molecular weight is 445 g/mol. The molecule has 3 rings (SSSR count). The predicted octanol–water partition coefficient (Wildman–Crippen LogP) is 2.78. The van der Waals surface area contributed by atoms with E-state index in [-0.39, 0.29) is 13.2 Å². The van der Waals surface area contributed by atoms with Gasteiger partial charge in [0.1, 0.15) is 28.1 Å². The van der Waals surface area contributed by atoms with E-state index >= 15 is 0 Å². The van der Waals surface area contributed by atoms with E-state index in [1.807, 2.05) is 0 Å². The molecule has 10 heteroatoms. The van der Waals surface area contributed by atoms with Crippen molar-refractivity contribution in [2.24, 2.45) is 0 Å². The summed E-state index contributed by atoms with van der Waals surface area (Å²) in [6, 6.07) is 6.15. The Labute approximate surface area is 182 Å². The lowest BCUT2D eigenvalue weighted by Crippen LogP contribution is -2.31. The molecule has 0 bridgehead atoms. The maximum Gasteiger partial charge on any atom is 0.348 e. The lowest BCUT2D eigenvalue weighted by Gasteiger charge is -2.16. The number of thiophene rings is 1. The van der Waals surface area contributed by atoms with Gasteiger partial charge in [-0.3, -0.25) is 14.2 Å². The number of aryl methyl sites for hydroxylation is 1. The number of aromatic nitrogens is 2. The number of hydrogen-bond donors (Lipinski definition) is 1. The van der Waals surface area contributed by atoms with E-state index in [2.05, 4.69) is 10.3 Å². The zero-order valence-electron chi connectivity index (χ0n) is 17.6. The molecule has 0 fully saturated rings. The Balaban J connectivity index is 1.89. The maximum absolute atomic E-state index is 13.1. The Morgan fingerprint density at radius 3 is 2.68 bits per heavy atom. The first-order valence-corrected chi connectivity index (χ1v) is 10.3. The number of methoxy groups -OCH3 is 2. The fourth-order valence-corrected chi connectivity index (χ4v) is 4.04. The van der Waals surface area contributed by atoms with Crippen LogP contribution < -0.4 is 15.6 Å². The van der Waals surface area contributed by atoms with E-state index < -0.39 is 23.5 Å². The molecule has 9 nitrogen and oxygen atoms in total. The van der Waals surface area contributed by atoms with Gasteiger partial charge in [0, 0.05) is 7.11 Å². The number of rotatable bonds is 8. The van der Waals surface area contributed by atoms with Crippen LogP contribution in [0.15, 0.2) is 35.4 Å². The summed E-state index contributed by atoms with van der Waals surface area (Å²) >= 11 is 1.08. The molecule has 2 heterocycles. The monoisotopic (exact) mass is 445 g/mol. The van der Waals surface area contributed by atoms with Gasteiger partial charge in [-0.1, -0.05) is 12.1 Å². The topological polar surface area (TPSA) is 109 Å². The van der Waals surface area contributed by atoms with Gasteiger partial charge in [-0.05, 0) is 31.5 Å². The van der Waals surface area contributed by atoms with Gasteiger partial charge in [0.05, 0.1) is 31.1 Å². The van der Waals surface area contributed by atoms with Crippen molar-refractivity contribution in [3.05, 3.63) is 51.4 Å². The van der Waals surface area contributed by atoms with E-state index in [1.165, 1.54) is 25.1 Å². The highest BCUT2D eigenvalue weighted by molar-refractivity contribution is 7.20. The smallest absolute Gasteiger partial charge is 0.348 e. The number of fused-ring (bicyclic) bond motifs is 1. The van der Waals surface area contributed by atoms with Crippen LogP contribution in [0.25, 0.3) is 10.2 Å². The molecule has 0 saturated carbocycles. The number of amides is 1. The van der Waals surface area contributed by atoms with Gasteiger partial charge in [0.2, 0.25) is 5.91 Å². The standard InChI is InChI=1S/C21H23N3O6S/c1-12-16-19(31-17(12)21(27)30-10-9-28-3)22-11-24(20(16)26)13(2)18(25)23-14-7-5-6-8-15(14)29-4/h5-8,11,13H,9-10H2,1-4H3,(H,23,25). The van der Waals surface area contributed by atoms with Gasteiger partial charge in [-0.15, -0.1) is 11.3 Å². The Hall–Kier alpha value is -3.24. The second kappa shape index (κ2) is 9.71. The van der Waals surface area contributed by atoms with Gasteiger partial charge < -0.3 is 19.5 Å². The molecule has 164 valence electrons. The first kappa shape index (κ1) is 22.4. The maximum atomic E-state index is 13.1. The molecular formula is C21H23N3O6S. The number of carbonyl (C=O) groups excluding carboxylic acids is 2. The van der Waals surface area contributed by atoms with E-state index in [0.717, 1.165) is 11.3 Å². The van der Waals surface area contributed by atoms with Crippen LogP contribution in [-0.4, -0.2) is 48.9 Å². The number of benzene rings is 1. The van der Waals surface area contributed by atoms with Crippen molar-refractivity contribution in [3.8, 4) is 5.75 Å². The molecule has 0 saturated heterocycles. The first-order chi connectivity index (χ1) is 14.9. The fraction of sp³-hybridized carbons (Fsp3) is 0.333. The quantitative estimate of drug-likeness (QED) is 0.419. The summed E-state index contributed by atoms with van der Waals surface area (Å²) in [7, 11) is 3.02. The van der Waals surface area contributed by atoms with Gasteiger partial charge in [-0.25, -0.2) is 9.78 Å². The van der Waals surface area contributed by atoms with Crippen LogP contribution in [0, 0.1) is 6.92 Å². The molecule has 0 radical (unpaired) electrons. The zero-order chi connectivity index (χ0) is 22.5. The molecule has 2 aromatic heterocycles. The van der Waals surface area contributed by atoms with Crippen LogP contribution in [0.3, 0.4) is 0 Å². The highest BCUT2D eigenvalue weighted by Gasteiger charge is 2.24. The molecule has 1 aromatic carbocycles. The molecule has 1 amide bonds. The van der Waals surface area contributed by atoms with Crippen LogP contribution >= 0.6 is 11.3 Å². The summed E-state index contributed by atoms with van der Waals surface area (Å²) in [4.78, 5) is 43.2. The molecule has 3 aromatic rings. The number of carbonyl (C=O) groups is 2. The van der Waals surface area contributed by atoms with Crippen molar-refractivity contribution < 1.29 is 23.8 Å². The molecular weight excluding hydrogens is 422 g/mol. The van der Waals surface area contributed by atoms with Gasteiger partial charge in [0.25, 0.3) is 5.56 Å². The van der Waals surface area contributed by atoms with Crippen molar-refractivity contribution >= 4 is 39.1 Å². The number of nitrogens with one attached hydrogen (secondary N) is 1. The lowest BCUT2D eigenvalue weighted by atomic mass is 10.2. The van der Waals surface area contributed by atoms with E-state index in [0.29, 0.717) is 32.1 Å². The Kier molecular flexibility index (Phi) is 7.03. The van der Waals surface area contributed by atoms with Crippen molar-refractivity contribution in [2.45, 2.75) is 19.9 Å². The third-order valence-electron chi connectivity index (χ3n) is 4.74. The fourth-order valence-electron chi connectivity index (χ4n) is 3.00. The normalized spacial score (nSPS) is 11.9. The number of hydrogen-bond acceptors (Lipinski definition) is 8. The number of anilines is 1. The van der Waals surface area contributed by atoms with Crippen LogP contribution in [-0.2, 0) is 14.3 Å². The lowest BCUT2D eigenvalue weighted by molar-refractivity contribution is -0.118. The number of para-hydroxylation sites is 2. The second-order valence-electron chi connectivity index (χ2n) is 6.69. The molecule has 1 N–H and O–H groups in total. The molecule has 31 heavy (non-hydrogen) atoms. The molecule has 0 aliphatic rings. The Bertz CT molecular complexity index is 1170. The summed E-state index contributed by atoms with van der Waals surface area (Å²) in [6.07, 6.45) is 1.31. The third-order valence-corrected chi connectivity index (χ3v) is 5.92. The zero-order valence-corrected chi connectivity index (χ0v) is 18.4. The number of ether oxygens (including phenoxy) is 3. The van der Waals surface area contributed by atoms with Crippen molar-refractivity contribution in [3.63, 3.8) is 0 Å². The molecule has 0 aliphatic carbocycles. The first-order valence-electron chi connectivity index (χ1n) is 9.49. The summed E-state index contributed by atoms with van der Waals surface area (Å²) in [5.41, 5.74) is 0.570. The minimum Gasteiger partial charge on any atom is -0.495 e. The van der Waals surface area contributed by atoms with Crippen molar-refractivity contribution in [2.75, 3.05) is 32.8 Å². The summed E-state index contributed by atoms with van der Waals surface area (Å²) in [6.45, 7) is 3.65. The van der Waals surface area contributed by atoms with Gasteiger partial charge in [0.15, 0.2) is 0 Å². The number of nitrogens with zero attached hydrogens (tertiary/aromatic N) is 2. The summed E-state index contributed by atoms with van der Waals surface area (Å²) in [5.74, 6) is -0.431. The molecule has 1 unspecified atom stereocenters. The Morgan fingerprint density at radius 2 is 1.97 bits per heavy atom. The largest absolute Gasteiger partial charge is 0.495 e. The third kappa shape index (κ3) is 4.59. The SMILES string of the molecule is COCCOC(=O)c1sc2ncn(C(C)C(=O)Nc3ccccc3OC)c(=O)c2c1C. The molecule has 0 aliphatic heterocycles.